The average molecular weight is 176 g/mol. The second-order valence-electron chi connectivity index (χ2n) is 3.48. The lowest BCUT2D eigenvalue weighted by atomic mass is 10.1. The Morgan fingerprint density at radius 3 is 2.62 bits per heavy atom. The Labute approximate surface area is 81.2 Å². The number of hydrogen-bond acceptors (Lipinski definition) is 1. The maximum Gasteiger partial charge on any atom is 0.0340 e. The number of nitrogens with one attached hydrogen (secondary N) is 1. The van der Waals surface area contributed by atoms with Crippen molar-refractivity contribution < 1.29 is 0 Å². The molecule has 1 atom stereocenters. The smallest absolute Gasteiger partial charge is 0.0340 e. The van der Waals surface area contributed by atoms with Gasteiger partial charge in [-0.25, -0.2) is 0 Å². The summed E-state index contributed by atoms with van der Waals surface area (Å²) in [6.07, 6.45) is 2.22. The number of para-hydroxylation sites is 1. The largest absolute Gasteiger partial charge is 0.385 e. The average Bonchev–Trinajstić information content (AvgIpc) is 2.19. The topological polar surface area (TPSA) is 12.0 Å². The highest BCUT2D eigenvalue weighted by molar-refractivity contribution is 5.42. The molecule has 0 aliphatic carbocycles. The lowest BCUT2D eigenvalue weighted by molar-refractivity contribution is 0.556. The SMILES string of the molecule is [CH2]CC(C)CCNc1ccccc1. The van der Waals surface area contributed by atoms with Gasteiger partial charge in [0.15, 0.2) is 0 Å². The van der Waals surface area contributed by atoms with Crippen LogP contribution in [0.2, 0.25) is 0 Å². The van der Waals surface area contributed by atoms with Gasteiger partial charge in [0.25, 0.3) is 0 Å². The minimum atomic E-state index is 0.719. The molecular formula is C12H18N. The monoisotopic (exact) mass is 176 g/mol. The quantitative estimate of drug-likeness (QED) is 0.725. The first kappa shape index (κ1) is 10.1. The molecule has 13 heavy (non-hydrogen) atoms. The third kappa shape index (κ3) is 3.97. The van der Waals surface area contributed by atoms with E-state index in [4.69, 9.17) is 0 Å². The van der Waals surface area contributed by atoms with Crippen LogP contribution in [-0.4, -0.2) is 6.54 Å². The molecule has 0 spiro atoms. The summed E-state index contributed by atoms with van der Waals surface area (Å²) in [6.45, 7) is 7.16. The number of hydrogen-bond donors (Lipinski definition) is 1. The first-order valence-electron chi connectivity index (χ1n) is 4.91. The van der Waals surface area contributed by atoms with Crippen LogP contribution in [0.25, 0.3) is 0 Å². The van der Waals surface area contributed by atoms with Gasteiger partial charge < -0.3 is 5.32 Å². The molecule has 1 N–H and O–H groups in total. The molecule has 0 amide bonds. The molecule has 1 aromatic rings. The summed E-state index contributed by atoms with van der Waals surface area (Å²) in [6, 6.07) is 10.3. The molecule has 0 aromatic heterocycles. The normalized spacial score (nSPS) is 12.5. The summed E-state index contributed by atoms with van der Waals surface area (Å²) in [7, 11) is 0. The van der Waals surface area contributed by atoms with E-state index in [0.717, 1.165) is 18.9 Å². The van der Waals surface area contributed by atoms with Crippen LogP contribution in [0.5, 0.6) is 0 Å². The van der Waals surface area contributed by atoms with Crippen molar-refractivity contribution in [2.75, 3.05) is 11.9 Å². The third-order valence-electron chi connectivity index (χ3n) is 2.23. The summed E-state index contributed by atoms with van der Waals surface area (Å²) in [4.78, 5) is 0. The Morgan fingerprint density at radius 1 is 1.31 bits per heavy atom. The van der Waals surface area contributed by atoms with Crippen LogP contribution in [0.15, 0.2) is 30.3 Å². The molecule has 71 valence electrons. The van der Waals surface area contributed by atoms with Gasteiger partial charge in [0.1, 0.15) is 0 Å². The standard InChI is InChI=1S/C12H18N/c1-3-11(2)9-10-13-12-7-5-4-6-8-12/h4-8,11,13H,1,3,9-10H2,2H3. The van der Waals surface area contributed by atoms with E-state index < -0.39 is 0 Å². The fourth-order valence-electron chi connectivity index (χ4n) is 1.16. The van der Waals surface area contributed by atoms with Crippen molar-refractivity contribution in [1.82, 2.24) is 0 Å². The van der Waals surface area contributed by atoms with Gasteiger partial charge in [-0.15, -0.1) is 0 Å². The Kier molecular flexibility index (Phi) is 4.37. The van der Waals surface area contributed by atoms with Crippen LogP contribution >= 0.6 is 0 Å². The molecule has 1 heteroatoms. The van der Waals surface area contributed by atoms with Gasteiger partial charge in [0.05, 0.1) is 0 Å². The minimum absolute atomic E-state index is 0.719. The Balaban J connectivity index is 2.20. The zero-order valence-corrected chi connectivity index (χ0v) is 8.29. The van der Waals surface area contributed by atoms with Crippen LogP contribution in [0.3, 0.4) is 0 Å². The van der Waals surface area contributed by atoms with E-state index in [2.05, 4.69) is 31.3 Å². The van der Waals surface area contributed by atoms with Crippen LogP contribution in [-0.2, 0) is 0 Å². The minimum Gasteiger partial charge on any atom is -0.385 e. The molecule has 1 unspecified atom stereocenters. The molecule has 1 nitrogen and oxygen atoms in total. The fourth-order valence-corrected chi connectivity index (χ4v) is 1.16. The number of anilines is 1. The summed E-state index contributed by atoms with van der Waals surface area (Å²) < 4.78 is 0. The van der Waals surface area contributed by atoms with Crippen LogP contribution in [0, 0.1) is 12.8 Å². The lowest BCUT2D eigenvalue weighted by Crippen LogP contribution is -2.05. The van der Waals surface area contributed by atoms with Crippen molar-refractivity contribution in [2.24, 2.45) is 5.92 Å². The molecule has 0 heterocycles. The fraction of sp³-hybridized carbons (Fsp3) is 0.417. The van der Waals surface area contributed by atoms with Crippen molar-refractivity contribution in [1.29, 1.82) is 0 Å². The number of benzene rings is 1. The van der Waals surface area contributed by atoms with Crippen molar-refractivity contribution in [3.63, 3.8) is 0 Å². The van der Waals surface area contributed by atoms with E-state index in [-0.39, 0.29) is 0 Å². The Morgan fingerprint density at radius 2 is 2.00 bits per heavy atom. The van der Waals surface area contributed by atoms with E-state index in [1.54, 1.807) is 0 Å². The van der Waals surface area contributed by atoms with Gasteiger partial charge in [-0.3, -0.25) is 0 Å². The van der Waals surface area contributed by atoms with Crippen LogP contribution in [0.1, 0.15) is 19.8 Å². The van der Waals surface area contributed by atoms with Crippen molar-refractivity contribution in [3.05, 3.63) is 37.3 Å². The van der Waals surface area contributed by atoms with E-state index in [0.29, 0.717) is 0 Å². The van der Waals surface area contributed by atoms with Crippen LogP contribution in [0.4, 0.5) is 5.69 Å². The zero-order chi connectivity index (χ0) is 9.52. The van der Waals surface area contributed by atoms with Gasteiger partial charge >= 0.3 is 0 Å². The summed E-state index contributed by atoms with van der Waals surface area (Å²) in [5.41, 5.74) is 1.21. The second-order valence-corrected chi connectivity index (χ2v) is 3.48. The van der Waals surface area contributed by atoms with E-state index in [1.165, 1.54) is 12.1 Å². The highest BCUT2D eigenvalue weighted by Gasteiger charge is 1.97. The molecule has 1 aromatic carbocycles. The van der Waals surface area contributed by atoms with E-state index >= 15 is 0 Å². The zero-order valence-electron chi connectivity index (χ0n) is 8.29. The molecule has 0 bridgehead atoms. The predicted molar refractivity (Wildman–Crippen MR) is 58.7 cm³/mol. The summed E-state index contributed by atoms with van der Waals surface area (Å²) >= 11 is 0. The van der Waals surface area contributed by atoms with Gasteiger partial charge in [-0.2, -0.15) is 0 Å². The lowest BCUT2D eigenvalue weighted by Gasteiger charge is -2.09. The van der Waals surface area contributed by atoms with Gasteiger partial charge in [-0.05, 0) is 24.5 Å². The van der Waals surface area contributed by atoms with E-state index in [1.807, 2.05) is 18.2 Å². The summed E-state index contributed by atoms with van der Waals surface area (Å²) in [5, 5.41) is 3.38. The maximum atomic E-state index is 3.88. The first-order chi connectivity index (χ1) is 6.33. The first-order valence-corrected chi connectivity index (χ1v) is 4.91. The molecule has 0 aliphatic heterocycles. The highest BCUT2D eigenvalue weighted by atomic mass is 14.9. The predicted octanol–water partition coefficient (Wildman–Crippen LogP) is 3.35. The molecular weight excluding hydrogens is 158 g/mol. The molecule has 0 saturated heterocycles. The molecule has 1 rings (SSSR count). The van der Waals surface area contributed by atoms with Crippen LogP contribution < -0.4 is 5.32 Å². The molecule has 0 saturated carbocycles. The van der Waals surface area contributed by atoms with Crippen molar-refractivity contribution >= 4 is 5.69 Å². The molecule has 0 fully saturated rings. The molecule has 1 radical (unpaired) electrons. The highest BCUT2D eigenvalue weighted by Crippen LogP contribution is 2.08. The van der Waals surface area contributed by atoms with Gasteiger partial charge in [0.2, 0.25) is 0 Å². The van der Waals surface area contributed by atoms with E-state index in [9.17, 15) is 0 Å². The third-order valence-corrected chi connectivity index (χ3v) is 2.23. The van der Waals surface area contributed by atoms with Crippen molar-refractivity contribution in [3.8, 4) is 0 Å². The van der Waals surface area contributed by atoms with Gasteiger partial charge in [-0.1, -0.05) is 38.5 Å². The maximum absolute atomic E-state index is 3.88. The Bertz CT molecular complexity index is 218. The Hall–Kier alpha value is -0.980. The van der Waals surface area contributed by atoms with Gasteiger partial charge in [0, 0.05) is 12.2 Å². The second kappa shape index (κ2) is 5.63. The molecule has 0 aliphatic rings. The summed E-state index contributed by atoms with van der Waals surface area (Å²) in [5.74, 6) is 0.719. The van der Waals surface area contributed by atoms with Crippen molar-refractivity contribution in [2.45, 2.75) is 19.8 Å². The number of rotatable bonds is 5.